The summed E-state index contributed by atoms with van der Waals surface area (Å²) in [5.74, 6) is 0.363. The van der Waals surface area contributed by atoms with Gasteiger partial charge in [-0.25, -0.2) is 18.1 Å². The zero-order valence-electron chi connectivity index (χ0n) is 18.3. The molecule has 1 atom stereocenters. The van der Waals surface area contributed by atoms with E-state index in [4.69, 9.17) is 4.98 Å². The van der Waals surface area contributed by atoms with E-state index in [1.54, 1.807) is 4.68 Å². The number of aromatic nitrogens is 3. The van der Waals surface area contributed by atoms with Crippen LogP contribution >= 0.6 is 0 Å². The lowest BCUT2D eigenvalue weighted by molar-refractivity contribution is 0.102. The number of pyridine rings is 1. The summed E-state index contributed by atoms with van der Waals surface area (Å²) in [6.07, 6.45) is 2.62. The fourth-order valence-electron chi connectivity index (χ4n) is 4.85. The zero-order chi connectivity index (χ0) is 22.7. The van der Waals surface area contributed by atoms with E-state index in [9.17, 15) is 13.2 Å². The third kappa shape index (κ3) is 3.58. The van der Waals surface area contributed by atoms with E-state index < -0.39 is 9.84 Å². The first-order valence-electron chi connectivity index (χ1n) is 11.3. The van der Waals surface area contributed by atoms with E-state index in [0.29, 0.717) is 34.6 Å². The van der Waals surface area contributed by atoms with Crippen molar-refractivity contribution in [3.05, 3.63) is 65.5 Å². The number of nitrogens with one attached hydrogen (secondary N) is 1. The van der Waals surface area contributed by atoms with Crippen LogP contribution in [0.25, 0.3) is 21.8 Å². The summed E-state index contributed by atoms with van der Waals surface area (Å²) in [6, 6.07) is 15.4. The SMILES string of the molecule is Cc1nn(C2CCS(=O)(=O)C2)c2nc(C3CC3)cc(C(=O)Nc3cccc4ccccc34)c12. The zero-order valence-corrected chi connectivity index (χ0v) is 19.1. The van der Waals surface area contributed by atoms with Gasteiger partial charge in [-0.3, -0.25) is 4.79 Å². The largest absolute Gasteiger partial charge is 0.321 e. The van der Waals surface area contributed by atoms with Gasteiger partial charge in [0.25, 0.3) is 5.91 Å². The Labute approximate surface area is 191 Å². The number of hydrogen-bond donors (Lipinski definition) is 1. The number of sulfone groups is 1. The monoisotopic (exact) mass is 460 g/mol. The molecule has 1 aliphatic heterocycles. The average molecular weight is 461 g/mol. The minimum atomic E-state index is -3.07. The fourth-order valence-corrected chi connectivity index (χ4v) is 6.54. The molecule has 1 saturated carbocycles. The second-order valence-electron chi connectivity index (χ2n) is 9.14. The first kappa shape index (κ1) is 20.4. The molecule has 1 unspecified atom stereocenters. The summed E-state index contributed by atoms with van der Waals surface area (Å²) in [7, 11) is -3.07. The van der Waals surface area contributed by atoms with Crippen molar-refractivity contribution >= 4 is 43.2 Å². The molecule has 0 radical (unpaired) electrons. The molecular formula is C25H24N4O3S. The molecule has 2 aromatic heterocycles. The molecule has 4 aromatic rings. The van der Waals surface area contributed by atoms with Gasteiger partial charge in [-0.2, -0.15) is 5.10 Å². The van der Waals surface area contributed by atoms with E-state index >= 15 is 0 Å². The topological polar surface area (TPSA) is 93.9 Å². The van der Waals surface area contributed by atoms with E-state index in [0.717, 1.165) is 35.0 Å². The number of rotatable bonds is 4. The second kappa shape index (κ2) is 7.38. The predicted octanol–water partition coefficient (Wildman–Crippen LogP) is 4.38. The Kier molecular flexibility index (Phi) is 4.55. The van der Waals surface area contributed by atoms with Gasteiger partial charge < -0.3 is 5.32 Å². The Bertz CT molecular complexity index is 1530. The summed E-state index contributed by atoms with van der Waals surface area (Å²) in [4.78, 5) is 18.5. The Morgan fingerprint density at radius 2 is 1.88 bits per heavy atom. The highest BCUT2D eigenvalue weighted by Crippen LogP contribution is 2.41. The van der Waals surface area contributed by atoms with Gasteiger partial charge in [-0.1, -0.05) is 36.4 Å². The number of nitrogens with zero attached hydrogens (tertiary/aromatic N) is 3. The number of amides is 1. The van der Waals surface area contributed by atoms with Gasteiger partial charge >= 0.3 is 0 Å². The van der Waals surface area contributed by atoms with E-state index in [2.05, 4.69) is 10.4 Å². The van der Waals surface area contributed by atoms with Gasteiger partial charge in [-0.05, 0) is 43.7 Å². The molecule has 168 valence electrons. The summed E-state index contributed by atoms with van der Waals surface area (Å²) < 4.78 is 26.0. The molecule has 2 aromatic carbocycles. The van der Waals surface area contributed by atoms with Crippen molar-refractivity contribution in [1.29, 1.82) is 0 Å². The lowest BCUT2D eigenvalue weighted by Gasteiger charge is -2.13. The Morgan fingerprint density at radius 3 is 2.64 bits per heavy atom. The van der Waals surface area contributed by atoms with Crippen LogP contribution in [-0.4, -0.2) is 40.6 Å². The molecule has 2 aliphatic rings. The highest BCUT2D eigenvalue weighted by atomic mass is 32.2. The van der Waals surface area contributed by atoms with E-state index in [1.165, 1.54) is 0 Å². The van der Waals surface area contributed by atoms with E-state index in [-0.39, 0.29) is 23.5 Å². The van der Waals surface area contributed by atoms with Crippen molar-refractivity contribution in [1.82, 2.24) is 14.8 Å². The van der Waals surface area contributed by atoms with Crippen molar-refractivity contribution in [2.75, 3.05) is 16.8 Å². The summed E-state index contributed by atoms with van der Waals surface area (Å²) >= 11 is 0. The first-order valence-corrected chi connectivity index (χ1v) is 13.1. The van der Waals surface area contributed by atoms with Gasteiger partial charge in [0.05, 0.1) is 34.2 Å². The molecular weight excluding hydrogens is 436 g/mol. The Morgan fingerprint density at radius 1 is 1.09 bits per heavy atom. The second-order valence-corrected chi connectivity index (χ2v) is 11.4. The predicted molar refractivity (Wildman–Crippen MR) is 128 cm³/mol. The molecule has 3 heterocycles. The lowest BCUT2D eigenvalue weighted by Crippen LogP contribution is -2.15. The minimum absolute atomic E-state index is 0.0656. The molecule has 2 fully saturated rings. The average Bonchev–Trinajstić information content (AvgIpc) is 3.52. The molecule has 1 N–H and O–H groups in total. The maximum absolute atomic E-state index is 13.6. The molecule has 6 rings (SSSR count). The Balaban J connectivity index is 1.47. The van der Waals surface area contributed by atoms with E-state index in [1.807, 2.05) is 55.5 Å². The van der Waals surface area contributed by atoms with Crippen molar-refractivity contribution in [3.63, 3.8) is 0 Å². The summed E-state index contributed by atoms with van der Waals surface area (Å²) in [6.45, 7) is 1.86. The minimum Gasteiger partial charge on any atom is -0.321 e. The molecule has 1 aliphatic carbocycles. The van der Waals surface area contributed by atoms with Gasteiger partial charge in [0.1, 0.15) is 0 Å². The third-order valence-electron chi connectivity index (χ3n) is 6.69. The van der Waals surface area contributed by atoms with Gasteiger partial charge in [-0.15, -0.1) is 0 Å². The lowest BCUT2D eigenvalue weighted by atomic mass is 10.1. The number of carbonyl (C=O) groups is 1. The summed E-state index contributed by atoms with van der Waals surface area (Å²) in [5.41, 5.74) is 3.48. The van der Waals surface area contributed by atoms with Gasteiger partial charge in [0.15, 0.2) is 15.5 Å². The summed E-state index contributed by atoms with van der Waals surface area (Å²) in [5, 5.41) is 10.5. The van der Waals surface area contributed by atoms with Crippen LogP contribution in [0.5, 0.6) is 0 Å². The van der Waals surface area contributed by atoms with Crippen LogP contribution < -0.4 is 5.32 Å². The smallest absolute Gasteiger partial charge is 0.256 e. The van der Waals surface area contributed by atoms with Crippen LogP contribution in [0.4, 0.5) is 5.69 Å². The molecule has 0 spiro atoms. The van der Waals surface area contributed by atoms with Crippen LogP contribution in [0.3, 0.4) is 0 Å². The maximum atomic E-state index is 13.6. The van der Waals surface area contributed by atoms with Crippen LogP contribution in [0.15, 0.2) is 48.5 Å². The molecule has 33 heavy (non-hydrogen) atoms. The van der Waals surface area contributed by atoms with Crippen molar-refractivity contribution in [2.45, 2.75) is 38.1 Å². The molecule has 1 amide bonds. The molecule has 7 nitrogen and oxygen atoms in total. The van der Waals surface area contributed by atoms with Gasteiger partial charge in [0, 0.05) is 22.7 Å². The highest BCUT2D eigenvalue weighted by Gasteiger charge is 2.34. The molecule has 1 saturated heterocycles. The number of aryl methyl sites for hydroxylation is 1. The van der Waals surface area contributed by atoms with Crippen LogP contribution in [0.2, 0.25) is 0 Å². The van der Waals surface area contributed by atoms with Crippen molar-refractivity contribution in [2.24, 2.45) is 0 Å². The number of carbonyl (C=O) groups excluding carboxylic acids is 1. The van der Waals surface area contributed by atoms with Gasteiger partial charge in [0.2, 0.25) is 0 Å². The maximum Gasteiger partial charge on any atom is 0.256 e. The normalized spacial score (nSPS) is 19.8. The standard InChI is InChI=1S/C25H24N4O3S/c1-15-23-20(25(30)27-21-8-4-6-16-5-2-3-7-19(16)21)13-22(17-9-10-17)26-24(23)29(28-15)18-11-12-33(31,32)14-18/h2-8,13,17-18H,9-12,14H2,1H3,(H,27,30). The van der Waals surface area contributed by atoms with Crippen LogP contribution in [0, 0.1) is 6.92 Å². The number of benzene rings is 2. The molecule has 8 heteroatoms. The van der Waals surface area contributed by atoms with Crippen molar-refractivity contribution < 1.29 is 13.2 Å². The fraction of sp³-hybridized carbons (Fsp3) is 0.320. The third-order valence-corrected chi connectivity index (χ3v) is 8.44. The molecule has 0 bridgehead atoms. The number of anilines is 1. The highest BCUT2D eigenvalue weighted by molar-refractivity contribution is 7.91. The Hall–Kier alpha value is -3.26. The number of hydrogen-bond acceptors (Lipinski definition) is 5. The van der Waals surface area contributed by atoms with Crippen molar-refractivity contribution in [3.8, 4) is 0 Å². The van der Waals surface area contributed by atoms with Crippen LogP contribution in [-0.2, 0) is 9.84 Å². The number of fused-ring (bicyclic) bond motifs is 2. The van der Waals surface area contributed by atoms with Crippen LogP contribution in [0.1, 0.15) is 53.0 Å². The quantitative estimate of drug-likeness (QED) is 0.488. The first-order chi connectivity index (χ1) is 15.9.